The number of aromatic nitrogens is 1. The first-order valence-corrected chi connectivity index (χ1v) is 6.71. The van der Waals surface area contributed by atoms with Gasteiger partial charge in [0.15, 0.2) is 5.78 Å². The van der Waals surface area contributed by atoms with Gasteiger partial charge in [-0.2, -0.15) is 0 Å². The third-order valence-electron chi connectivity index (χ3n) is 2.93. The summed E-state index contributed by atoms with van der Waals surface area (Å²) in [5, 5.41) is 0.706. The van der Waals surface area contributed by atoms with Gasteiger partial charge in [0, 0.05) is 21.8 Å². The maximum absolute atomic E-state index is 12.5. The molecule has 0 fully saturated rings. The zero-order chi connectivity index (χ0) is 14.9. The predicted molar refractivity (Wildman–Crippen MR) is 80.7 cm³/mol. The lowest BCUT2D eigenvalue weighted by atomic mass is 10.0. The Hall–Kier alpha value is -1.78. The van der Waals surface area contributed by atoms with Crippen LogP contribution in [0.2, 0.25) is 10.0 Å². The zero-order valence-corrected chi connectivity index (χ0v) is 12.2. The molecule has 3 N–H and O–H groups in total. The number of benzene rings is 1. The van der Waals surface area contributed by atoms with Crippen LogP contribution >= 0.6 is 23.2 Å². The van der Waals surface area contributed by atoms with E-state index in [1.165, 1.54) is 12.1 Å². The van der Waals surface area contributed by atoms with E-state index in [2.05, 4.69) is 4.98 Å². The minimum Gasteiger partial charge on any atom is -0.394 e. The number of pyridine rings is 1. The van der Waals surface area contributed by atoms with Crippen LogP contribution in [0.25, 0.3) is 0 Å². The highest BCUT2D eigenvalue weighted by molar-refractivity contribution is 6.37. The summed E-state index contributed by atoms with van der Waals surface area (Å²) in [6.45, 7) is 1.84. The van der Waals surface area contributed by atoms with Gasteiger partial charge < -0.3 is 10.7 Å². The quantitative estimate of drug-likeness (QED) is 0.855. The van der Waals surface area contributed by atoms with E-state index < -0.39 is 5.56 Å². The van der Waals surface area contributed by atoms with Crippen molar-refractivity contribution < 1.29 is 4.79 Å². The normalized spacial score (nSPS) is 10.6. The monoisotopic (exact) mass is 310 g/mol. The van der Waals surface area contributed by atoms with Crippen LogP contribution in [-0.4, -0.2) is 10.8 Å². The van der Waals surface area contributed by atoms with Crippen LogP contribution in [0.5, 0.6) is 0 Å². The lowest BCUT2D eigenvalue weighted by Crippen LogP contribution is -2.18. The number of H-pyrrole nitrogens is 1. The first-order valence-electron chi connectivity index (χ1n) is 5.95. The Labute approximate surface area is 125 Å². The molecule has 0 radical (unpaired) electrons. The van der Waals surface area contributed by atoms with Crippen LogP contribution in [0.4, 0.5) is 5.69 Å². The van der Waals surface area contributed by atoms with Gasteiger partial charge in [-0.15, -0.1) is 0 Å². The van der Waals surface area contributed by atoms with Gasteiger partial charge in [0.05, 0.1) is 10.7 Å². The van der Waals surface area contributed by atoms with Crippen LogP contribution in [-0.2, 0) is 6.42 Å². The molecular formula is C14H12Cl2N2O2. The minimum atomic E-state index is -0.402. The first kappa shape index (κ1) is 14.6. The number of ketones is 1. The molecule has 0 aliphatic rings. The van der Waals surface area contributed by atoms with Crippen molar-refractivity contribution in [1.82, 2.24) is 4.98 Å². The van der Waals surface area contributed by atoms with Crippen molar-refractivity contribution in [3.63, 3.8) is 0 Å². The molecule has 0 saturated heterocycles. The van der Waals surface area contributed by atoms with E-state index in [1.807, 2.05) is 6.92 Å². The van der Waals surface area contributed by atoms with Crippen LogP contribution in [0.1, 0.15) is 28.5 Å². The van der Waals surface area contributed by atoms with Gasteiger partial charge in [-0.05, 0) is 30.7 Å². The number of hydrogen-bond acceptors (Lipinski definition) is 3. The summed E-state index contributed by atoms with van der Waals surface area (Å²) in [4.78, 5) is 26.6. The van der Waals surface area contributed by atoms with Crippen molar-refractivity contribution >= 4 is 34.7 Å². The molecule has 1 aromatic carbocycles. The number of rotatable bonds is 3. The van der Waals surface area contributed by atoms with Gasteiger partial charge >= 0.3 is 0 Å². The molecule has 2 rings (SSSR count). The van der Waals surface area contributed by atoms with Crippen molar-refractivity contribution in [3.05, 3.63) is 61.5 Å². The Bertz CT molecular complexity index is 738. The fourth-order valence-electron chi connectivity index (χ4n) is 1.88. The second-order valence-corrected chi connectivity index (χ2v) is 5.10. The minimum absolute atomic E-state index is 0.00404. The molecule has 0 atom stereocenters. The highest BCUT2D eigenvalue weighted by Gasteiger charge is 2.18. The van der Waals surface area contributed by atoms with Crippen LogP contribution in [0.3, 0.4) is 0 Å². The molecule has 4 nitrogen and oxygen atoms in total. The van der Waals surface area contributed by atoms with Gasteiger partial charge in [0.25, 0.3) is 5.56 Å². The number of aryl methyl sites for hydroxylation is 1. The van der Waals surface area contributed by atoms with Crippen molar-refractivity contribution in [3.8, 4) is 0 Å². The molecule has 1 heterocycles. The lowest BCUT2D eigenvalue weighted by Gasteiger charge is -2.09. The molecule has 2 aromatic rings. The average molecular weight is 311 g/mol. The maximum atomic E-state index is 12.5. The van der Waals surface area contributed by atoms with E-state index in [-0.39, 0.29) is 16.5 Å². The van der Waals surface area contributed by atoms with Crippen LogP contribution in [0.15, 0.2) is 29.1 Å². The summed E-state index contributed by atoms with van der Waals surface area (Å²) >= 11 is 11.8. The number of nitrogens with two attached hydrogens (primary N) is 1. The number of nitrogen functional groups attached to an aromatic ring is 1. The summed E-state index contributed by atoms with van der Waals surface area (Å²) in [7, 11) is 0. The Balaban J connectivity index is 2.58. The summed E-state index contributed by atoms with van der Waals surface area (Å²) in [5.74, 6) is -0.300. The van der Waals surface area contributed by atoms with E-state index in [9.17, 15) is 9.59 Å². The van der Waals surface area contributed by atoms with Crippen LogP contribution < -0.4 is 11.3 Å². The van der Waals surface area contributed by atoms with Gasteiger partial charge in [0.2, 0.25) is 0 Å². The molecule has 0 unspecified atom stereocenters. The highest BCUT2D eigenvalue weighted by atomic mass is 35.5. The fraction of sp³-hybridized carbons (Fsp3) is 0.143. The Morgan fingerprint density at radius 1 is 1.25 bits per heavy atom. The largest absolute Gasteiger partial charge is 0.394 e. The topological polar surface area (TPSA) is 75.9 Å². The predicted octanol–water partition coefficient (Wildman–Crippen LogP) is 3.06. The molecule has 20 heavy (non-hydrogen) atoms. The highest BCUT2D eigenvalue weighted by Crippen LogP contribution is 2.24. The molecule has 1 aromatic heterocycles. The Kier molecular flexibility index (Phi) is 4.16. The fourth-order valence-corrected chi connectivity index (χ4v) is 2.38. The lowest BCUT2D eigenvalue weighted by molar-refractivity contribution is 0.103. The second kappa shape index (κ2) is 5.69. The van der Waals surface area contributed by atoms with E-state index in [0.717, 1.165) is 0 Å². The SMILES string of the molecule is CCc1[nH]c(=O)c(N)cc1C(=O)c1ccc(Cl)cc1Cl. The van der Waals surface area contributed by atoms with Crippen molar-refractivity contribution in [2.24, 2.45) is 0 Å². The van der Waals surface area contributed by atoms with E-state index in [1.54, 1.807) is 12.1 Å². The number of carbonyl (C=O) groups is 1. The van der Waals surface area contributed by atoms with Gasteiger partial charge in [-0.25, -0.2) is 0 Å². The summed E-state index contributed by atoms with van der Waals surface area (Å²) in [6.07, 6.45) is 0.502. The number of carbonyl (C=O) groups excluding carboxylic acids is 1. The molecule has 6 heteroatoms. The molecular weight excluding hydrogens is 299 g/mol. The third-order valence-corrected chi connectivity index (χ3v) is 3.47. The molecule has 0 amide bonds. The van der Waals surface area contributed by atoms with Crippen molar-refractivity contribution in [2.75, 3.05) is 5.73 Å². The number of halogens is 2. The van der Waals surface area contributed by atoms with E-state index in [0.29, 0.717) is 28.3 Å². The molecule has 104 valence electrons. The van der Waals surface area contributed by atoms with Crippen LogP contribution in [0, 0.1) is 0 Å². The number of nitrogens with one attached hydrogen (secondary N) is 1. The summed E-state index contributed by atoms with van der Waals surface area (Å²) < 4.78 is 0. The van der Waals surface area contributed by atoms with Crippen molar-refractivity contribution in [1.29, 1.82) is 0 Å². The zero-order valence-electron chi connectivity index (χ0n) is 10.7. The molecule has 0 aliphatic carbocycles. The Morgan fingerprint density at radius 2 is 1.95 bits per heavy atom. The smallest absolute Gasteiger partial charge is 0.271 e. The maximum Gasteiger partial charge on any atom is 0.271 e. The molecule has 0 saturated carbocycles. The first-order chi connectivity index (χ1) is 9.43. The summed E-state index contributed by atoms with van der Waals surface area (Å²) in [5.41, 5.74) is 6.35. The third kappa shape index (κ3) is 2.71. The van der Waals surface area contributed by atoms with Crippen molar-refractivity contribution in [2.45, 2.75) is 13.3 Å². The number of anilines is 1. The standard InChI is InChI=1S/C14H12Cl2N2O2/c1-2-12-9(6-11(17)14(20)18-12)13(19)8-4-3-7(15)5-10(8)16/h3-6H,2,17H2,1H3,(H,18,20). The average Bonchev–Trinajstić information content (AvgIpc) is 2.40. The van der Waals surface area contributed by atoms with Gasteiger partial charge in [-0.3, -0.25) is 9.59 Å². The van der Waals surface area contributed by atoms with E-state index >= 15 is 0 Å². The number of aromatic amines is 1. The molecule has 0 bridgehead atoms. The Morgan fingerprint density at radius 3 is 2.55 bits per heavy atom. The molecule has 0 aliphatic heterocycles. The summed E-state index contributed by atoms with van der Waals surface area (Å²) in [6, 6.07) is 6.01. The second-order valence-electron chi connectivity index (χ2n) is 4.25. The number of hydrogen-bond donors (Lipinski definition) is 2. The van der Waals surface area contributed by atoms with Gasteiger partial charge in [-0.1, -0.05) is 30.1 Å². The van der Waals surface area contributed by atoms with Gasteiger partial charge in [0.1, 0.15) is 0 Å². The van der Waals surface area contributed by atoms with E-state index in [4.69, 9.17) is 28.9 Å². The molecule has 0 spiro atoms.